The van der Waals surface area contributed by atoms with Crippen molar-refractivity contribution in [1.82, 2.24) is 0 Å². The number of rotatable bonds is 4. The van der Waals surface area contributed by atoms with Crippen LogP contribution in [0, 0.1) is 19.7 Å². The number of hydrogen-bond donors (Lipinski definition) is 1. The van der Waals surface area contributed by atoms with Crippen molar-refractivity contribution in [1.29, 1.82) is 0 Å². The summed E-state index contributed by atoms with van der Waals surface area (Å²) in [5, 5.41) is 10.5. The molecule has 0 saturated carbocycles. The van der Waals surface area contributed by atoms with Gasteiger partial charge in [-0.15, -0.1) is 0 Å². The Bertz CT molecular complexity index is 610. The fourth-order valence-corrected chi connectivity index (χ4v) is 2.46. The Morgan fingerprint density at radius 3 is 2.45 bits per heavy atom. The van der Waals surface area contributed by atoms with E-state index in [4.69, 9.17) is 11.6 Å². The van der Waals surface area contributed by atoms with Gasteiger partial charge in [0.05, 0.1) is 6.10 Å². The Balaban J connectivity index is 2.04. The van der Waals surface area contributed by atoms with Crippen LogP contribution in [0.25, 0.3) is 0 Å². The summed E-state index contributed by atoms with van der Waals surface area (Å²) in [6.07, 6.45) is 0.459. The van der Waals surface area contributed by atoms with Crippen LogP contribution in [-0.2, 0) is 12.8 Å². The summed E-state index contributed by atoms with van der Waals surface area (Å²) >= 11 is 5.97. The Morgan fingerprint density at radius 1 is 1.05 bits per heavy atom. The Labute approximate surface area is 124 Å². The molecule has 0 aliphatic heterocycles. The third-order valence-electron chi connectivity index (χ3n) is 3.51. The average Bonchev–Trinajstić information content (AvgIpc) is 2.37. The quantitative estimate of drug-likeness (QED) is 0.893. The zero-order valence-corrected chi connectivity index (χ0v) is 12.4. The lowest BCUT2D eigenvalue weighted by Gasteiger charge is -2.13. The van der Waals surface area contributed by atoms with Crippen molar-refractivity contribution in [2.75, 3.05) is 0 Å². The molecule has 2 aromatic carbocycles. The van der Waals surface area contributed by atoms with E-state index in [1.54, 1.807) is 6.07 Å². The number of aliphatic hydroxyl groups is 1. The summed E-state index contributed by atoms with van der Waals surface area (Å²) in [5.74, 6) is -0.359. The van der Waals surface area contributed by atoms with Gasteiger partial charge >= 0.3 is 0 Å². The molecule has 1 nitrogen and oxygen atoms in total. The number of aryl methyl sites for hydroxylation is 2. The molecule has 1 N–H and O–H groups in total. The molecular weight excluding hydrogens is 275 g/mol. The maximum absolute atomic E-state index is 13.0. The van der Waals surface area contributed by atoms with Crippen LogP contribution < -0.4 is 0 Å². The molecule has 0 aliphatic carbocycles. The highest BCUT2D eigenvalue weighted by molar-refractivity contribution is 6.31. The lowest BCUT2D eigenvalue weighted by molar-refractivity contribution is 0.175. The minimum atomic E-state index is -0.528. The second-order valence-corrected chi connectivity index (χ2v) is 5.62. The van der Waals surface area contributed by atoms with Crippen molar-refractivity contribution in [2.45, 2.75) is 32.8 Å². The maximum atomic E-state index is 13.0. The van der Waals surface area contributed by atoms with Gasteiger partial charge in [0, 0.05) is 11.4 Å². The molecular formula is C17H18ClFO. The van der Waals surface area contributed by atoms with Crippen molar-refractivity contribution in [3.05, 3.63) is 69.5 Å². The molecule has 2 rings (SSSR count). The molecule has 0 spiro atoms. The normalized spacial score (nSPS) is 12.4. The van der Waals surface area contributed by atoms with E-state index in [1.807, 2.05) is 6.07 Å². The van der Waals surface area contributed by atoms with E-state index in [0.717, 1.165) is 11.1 Å². The smallest absolute Gasteiger partial charge is 0.124 e. The van der Waals surface area contributed by atoms with Crippen LogP contribution in [0.4, 0.5) is 4.39 Å². The van der Waals surface area contributed by atoms with Crippen LogP contribution in [0.5, 0.6) is 0 Å². The van der Waals surface area contributed by atoms with Gasteiger partial charge in [0.2, 0.25) is 0 Å². The summed E-state index contributed by atoms with van der Waals surface area (Å²) in [6.45, 7) is 4.12. The molecule has 1 atom stereocenters. The van der Waals surface area contributed by atoms with Gasteiger partial charge in [-0.2, -0.15) is 0 Å². The van der Waals surface area contributed by atoms with Gasteiger partial charge < -0.3 is 5.11 Å². The number of hydrogen-bond acceptors (Lipinski definition) is 1. The average molecular weight is 293 g/mol. The first kappa shape index (κ1) is 15.0. The fourth-order valence-electron chi connectivity index (χ4n) is 2.22. The van der Waals surface area contributed by atoms with Crippen LogP contribution >= 0.6 is 11.6 Å². The van der Waals surface area contributed by atoms with Crippen molar-refractivity contribution in [2.24, 2.45) is 0 Å². The molecule has 0 bridgehead atoms. The fraction of sp³-hybridized carbons (Fsp3) is 0.294. The molecule has 0 aromatic heterocycles. The number of aliphatic hydroxyl groups excluding tert-OH is 1. The minimum absolute atomic E-state index is 0.359. The van der Waals surface area contributed by atoms with Gasteiger partial charge in [-0.1, -0.05) is 35.9 Å². The molecule has 2 aromatic rings. The highest BCUT2D eigenvalue weighted by atomic mass is 35.5. The van der Waals surface area contributed by atoms with Crippen molar-refractivity contribution < 1.29 is 9.50 Å². The largest absolute Gasteiger partial charge is 0.392 e. The second-order valence-electron chi connectivity index (χ2n) is 5.22. The Hall–Kier alpha value is -1.38. The molecule has 0 amide bonds. The third kappa shape index (κ3) is 3.81. The lowest BCUT2D eigenvalue weighted by Crippen LogP contribution is -2.14. The molecule has 106 valence electrons. The first-order chi connectivity index (χ1) is 9.45. The zero-order chi connectivity index (χ0) is 14.7. The van der Waals surface area contributed by atoms with E-state index in [1.165, 1.54) is 23.3 Å². The summed E-state index contributed by atoms with van der Waals surface area (Å²) in [6, 6.07) is 10.4. The predicted octanol–water partition coefficient (Wildman–Crippen LogP) is 4.24. The first-order valence-corrected chi connectivity index (χ1v) is 7.01. The van der Waals surface area contributed by atoms with Crippen LogP contribution in [0.15, 0.2) is 36.4 Å². The Kier molecular flexibility index (Phi) is 4.79. The molecule has 0 heterocycles. The summed E-state index contributed by atoms with van der Waals surface area (Å²) in [5.41, 5.74) is 4.32. The van der Waals surface area contributed by atoms with Gasteiger partial charge in [-0.3, -0.25) is 0 Å². The molecule has 0 radical (unpaired) electrons. The van der Waals surface area contributed by atoms with E-state index in [9.17, 15) is 9.50 Å². The van der Waals surface area contributed by atoms with E-state index in [0.29, 0.717) is 17.9 Å². The topological polar surface area (TPSA) is 20.2 Å². The lowest BCUT2D eigenvalue weighted by atomic mass is 9.98. The van der Waals surface area contributed by atoms with Crippen molar-refractivity contribution in [3.8, 4) is 0 Å². The van der Waals surface area contributed by atoms with Crippen molar-refractivity contribution >= 4 is 11.6 Å². The minimum Gasteiger partial charge on any atom is -0.392 e. The van der Waals surface area contributed by atoms with Crippen LogP contribution in [0.1, 0.15) is 22.3 Å². The first-order valence-electron chi connectivity index (χ1n) is 6.64. The van der Waals surface area contributed by atoms with Crippen LogP contribution in [0.3, 0.4) is 0 Å². The van der Waals surface area contributed by atoms with Gasteiger partial charge in [-0.05, 0) is 54.7 Å². The van der Waals surface area contributed by atoms with Gasteiger partial charge in [-0.25, -0.2) is 4.39 Å². The second kappa shape index (κ2) is 6.38. The summed E-state index contributed by atoms with van der Waals surface area (Å²) in [4.78, 5) is 0. The highest BCUT2D eigenvalue weighted by Gasteiger charge is 2.10. The van der Waals surface area contributed by atoms with E-state index in [-0.39, 0.29) is 5.82 Å². The molecule has 3 heteroatoms. The standard InChI is InChI=1S/C17H18ClFO/c1-11-3-4-13(7-12(11)2)8-16(20)9-14-5-6-15(19)10-17(14)18/h3-7,10,16,20H,8-9H2,1-2H3. The van der Waals surface area contributed by atoms with E-state index >= 15 is 0 Å². The van der Waals surface area contributed by atoms with Crippen LogP contribution in [-0.4, -0.2) is 11.2 Å². The summed E-state index contributed by atoms with van der Waals surface area (Å²) in [7, 11) is 0. The zero-order valence-electron chi connectivity index (χ0n) is 11.7. The number of benzene rings is 2. The third-order valence-corrected chi connectivity index (χ3v) is 3.87. The van der Waals surface area contributed by atoms with Gasteiger partial charge in [0.1, 0.15) is 5.82 Å². The van der Waals surface area contributed by atoms with Crippen LogP contribution in [0.2, 0.25) is 5.02 Å². The van der Waals surface area contributed by atoms with E-state index in [2.05, 4.69) is 26.0 Å². The molecule has 0 saturated heterocycles. The maximum Gasteiger partial charge on any atom is 0.124 e. The monoisotopic (exact) mass is 292 g/mol. The highest BCUT2D eigenvalue weighted by Crippen LogP contribution is 2.20. The predicted molar refractivity (Wildman–Crippen MR) is 80.7 cm³/mol. The van der Waals surface area contributed by atoms with Gasteiger partial charge in [0.25, 0.3) is 0 Å². The molecule has 0 fully saturated rings. The number of halogens is 2. The SMILES string of the molecule is Cc1ccc(CC(O)Cc2ccc(F)cc2Cl)cc1C. The molecule has 1 unspecified atom stereocenters. The van der Waals surface area contributed by atoms with E-state index < -0.39 is 6.10 Å². The molecule has 0 aliphatic rings. The summed E-state index contributed by atoms with van der Waals surface area (Å²) < 4.78 is 13.0. The molecule has 20 heavy (non-hydrogen) atoms. The van der Waals surface area contributed by atoms with Gasteiger partial charge in [0.15, 0.2) is 0 Å². The van der Waals surface area contributed by atoms with Crippen molar-refractivity contribution in [3.63, 3.8) is 0 Å². The Morgan fingerprint density at radius 2 is 1.80 bits per heavy atom.